The van der Waals surface area contributed by atoms with Gasteiger partial charge in [-0.05, 0) is 51.1 Å². The summed E-state index contributed by atoms with van der Waals surface area (Å²) >= 11 is 5.81. The van der Waals surface area contributed by atoms with E-state index >= 15 is 0 Å². The van der Waals surface area contributed by atoms with Gasteiger partial charge in [0.1, 0.15) is 0 Å². The van der Waals surface area contributed by atoms with Crippen molar-refractivity contribution in [1.29, 1.82) is 0 Å². The fraction of sp³-hybridized carbons (Fsp3) is 0.500. The molecule has 0 saturated heterocycles. The number of hydrogen-bond donors (Lipinski definition) is 2. The minimum atomic E-state index is -0.00165. The summed E-state index contributed by atoms with van der Waals surface area (Å²) < 4.78 is 0. The van der Waals surface area contributed by atoms with Gasteiger partial charge in [0.25, 0.3) is 0 Å². The Labute approximate surface area is 118 Å². The molecule has 3 N–H and O–H groups in total. The molecule has 2 rings (SSSR count). The fourth-order valence-electron chi connectivity index (χ4n) is 2.05. The van der Waals surface area contributed by atoms with Crippen LogP contribution in [0.1, 0.15) is 25.7 Å². The van der Waals surface area contributed by atoms with Gasteiger partial charge >= 0.3 is 0 Å². The Balaban J connectivity index is 1.74. The van der Waals surface area contributed by atoms with Crippen LogP contribution in [0.25, 0.3) is 0 Å². The SMILES string of the molecule is CN(CCCC(=O)Nc1ccc(Cl)cc1N)C1CC1. The zero-order valence-corrected chi connectivity index (χ0v) is 11.9. The molecule has 0 heterocycles. The van der Waals surface area contributed by atoms with Crippen LogP contribution in [0.15, 0.2) is 18.2 Å². The van der Waals surface area contributed by atoms with Gasteiger partial charge in [0.05, 0.1) is 11.4 Å². The molecule has 19 heavy (non-hydrogen) atoms. The van der Waals surface area contributed by atoms with Crippen molar-refractivity contribution in [3.63, 3.8) is 0 Å². The number of nitrogens with zero attached hydrogens (tertiary/aromatic N) is 1. The van der Waals surface area contributed by atoms with Gasteiger partial charge in [0.2, 0.25) is 5.91 Å². The van der Waals surface area contributed by atoms with Crippen LogP contribution >= 0.6 is 11.6 Å². The lowest BCUT2D eigenvalue weighted by molar-refractivity contribution is -0.116. The van der Waals surface area contributed by atoms with Gasteiger partial charge < -0.3 is 16.0 Å². The Morgan fingerprint density at radius 1 is 1.53 bits per heavy atom. The highest BCUT2D eigenvalue weighted by molar-refractivity contribution is 6.31. The fourth-order valence-corrected chi connectivity index (χ4v) is 2.23. The third kappa shape index (κ3) is 4.40. The van der Waals surface area contributed by atoms with Crippen molar-refractivity contribution < 1.29 is 4.79 Å². The van der Waals surface area contributed by atoms with Crippen LogP contribution < -0.4 is 11.1 Å². The normalized spacial score (nSPS) is 14.7. The number of anilines is 2. The average molecular weight is 282 g/mol. The van der Waals surface area contributed by atoms with E-state index in [0.717, 1.165) is 19.0 Å². The molecule has 0 bridgehead atoms. The summed E-state index contributed by atoms with van der Waals surface area (Å²) in [7, 11) is 2.12. The van der Waals surface area contributed by atoms with Gasteiger partial charge in [-0.3, -0.25) is 4.79 Å². The van der Waals surface area contributed by atoms with Crippen molar-refractivity contribution in [3.8, 4) is 0 Å². The van der Waals surface area contributed by atoms with E-state index in [1.807, 2.05) is 0 Å². The molecule has 1 aliphatic carbocycles. The molecule has 0 spiro atoms. The molecule has 1 saturated carbocycles. The Morgan fingerprint density at radius 2 is 2.26 bits per heavy atom. The second kappa shape index (κ2) is 6.26. The highest BCUT2D eigenvalue weighted by Crippen LogP contribution is 2.25. The predicted molar refractivity (Wildman–Crippen MR) is 79.4 cm³/mol. The second-order valence-electron chi connectivity index (χ2n) is 5.10. The number of nitrogens with two attached hydrogens (primary N) is 1. The number of benzene rings is 1. The summed E-state index contributed by atoms with van der Waals surface area (Å²) in [5, 5.41) is 3.39. The predicted octanol–water partition coefficient (Wildman–Crippen LogP) is 2.74. The van der Waals surface area contributed by atoms with Crippen LogP contribution in [0.3, 0.4) is 0 Å². The number of carbonyl (C=O) groups is 1. The van der Waals surface area contributed by atoms with Crippen LogP contribution in [0.4, 0.5) is 11.4 Å². The molecule has 5 heteroatoms. The molecular formula is C14H20ClN3O. The van der Waals surface area contributed by atoms with E-state index in [1.54, 1.807) is 18.2 Å². The second-order valence-corrected chi connectivity index (χ2v) is 5.53. The van der Waals surface area contributed by atoms with Crippen LogP contribution in [-0.4, -0.2) is 30.4 Å². The molecule has 0 unspecified atom stereocenters. The van der Waals surface area contributed by atoms with E-state index < -0.39 is 0 Å². The van der Waals surface area contributed by atoms with E-state index in [9.17, 15) is 4.79 Å². The van der Waals surface area contributed by atoms with E-state index in [1.165, 1.54) is 12.8 Å². The number of amides is 1. The summed E-state index contributed by atoms with van der Waals surface area (Å²) in [5.41, 5.74) is 6.91. The number of nitrogens with one attached hydrogen (secondary N) is 1. The smallest absolute Gasteiger partial charge is 0.224 e. The highest BCUT2D eigenvalue weighted by atomic mass is 35.5. The van der Waals surface area contributed by atoms with E-state index in [2.05, 4.69) is 17.3 Å². The maximum absolute atomic E-state index is 11.8. The van der Waals surface area contributed by atoms with Crippen LogP contribution in [-0.2, 0) is 4.79 Å². The van der Waals surface area contributed by atoms with Gasteiger partial charge in [-0.1, -0.05) is 11.6 Å². The van der Waals surface area contributed by atoms with Crippen LogP contribution in [0, 0.1) is 0 Å². The third-order valence-corrected chi connectivity index (χ3v) is 3.61. The lowest BCUT2D eigenvalue weighted by atomic mass is 10.2. The monoisotopic (exact) mass is 281 g/mol. The maximum atomic E-state index is 11.8. The minimum Gasteiger partial charge on any atom is -0.397 e. The number of rotatable bonds is 6. The summed E-state index contributed by atoms with van der Waals surface area (Å²) in [6.45, 7) is 0.966. The zero-order valence-electron chi connectivity index (χ0n) is 11.2. The molecule has 104 valence electrons. The number of carbonyl (C=O) groups excluding carboxylic acids is 1. The molecule has 1 fully saturated rings. The first kappa shape index (κ1) is 14.2. The average Bonchev–Trinajstić information content (AvgIpc) is 3.16. The van der Waals surface area contributed by atoms with Crippen molar-refractivity contribution >= 4 is 28.9 Å². The molecular weight excluding hydrogens is 262 g/mol. The zero-order chi connectivity index (χ0) is 13.8. The number of hydrogen-bond acceptors (Lipinski definition) is 3. The lowest BCUT2D eigenvalue weighted by Crippen LogP contribution is -2.23. The molecule has 1 aliphatic rings. The molecule has 1 aromatic rings. The van der Waals surface area contributed by atoms with Crippen molar-refractivity contribution in [3.05, 3.63) is 23.2 Å². The number of halogens is 1. The van der Waals surface area contributed by atoms with Crippen molar-refractivity contribution in [2.75, 3.05) is 24.6 Å². The van der Waals surface area contributed by atoms with Gasteiger partial charge in [0, 0.05) is 17.5 Å². The summed E-state index contributed by atoms with van der Waals surface area (Å²) in [4.78, 5) is 14.1. The molecule has 1 aromatic carbocycles. The molecule has 0 aromatic heterocycles. The van der Waals surface area contributed by atoms with Gasteiger partial charge in [-0.2, -0.15) is 0 Å². The molecule has 4 nitrogen and oxygen atoms in total. The standard InChI is InChI=1S/C14H20ClN3O/c1-18(11-5-6-11)8-2-3-14(19)17-13-7-4-10(15)9-12(13)16/h4,7,9,11H,2-3,5-6,8,16H2,1H3,(H,17,19). The molecule has 0 radical (unpaired) electrons. The van der Waals surface area contributed by atoms with Crippen molar-refractivity contribution in [2.24, 2.45) is 0 Å². The van der Waals surface area contributed by atoms with Crippen molar-refractivity contribution in [2.45, 2.75) is 31.7 Å². The van der Waals surface area contributed by atoms with Gasteiger partial charge in [0.15, 0.2) is 0 Å². The number of nitrogen functional groups attached to an aromatic ring is 1. The highest BCUT2D eigenvalue weighted by Gasteiger charge is 2.25. The quantitative estimate of drug-likeness (QED) is 0.788. The van der Waals surface area contributed by atoms with Gasteiger partial charge in [-0.25, -0.2) is 0 Å². The largest absolute Gasteiger partial charge is 0.397 e. The van der Waals surface area contributed by atoms with Gasteiger partial charge in [-0.15, -0.1) is 0 Å². The summed E-state index contributed by atoms with van der Waals surface area (Å²) in [6, 6.07) is 5.83. The first-order valence-corrected chi connectivity index (χ1v) is 6.99. The Morgan fingerprint density at radius 3 is 2.89 bits per heavy atom. The Bertz CT molecular complexity index is 460. The Hall–Kier alpha value is -1.26. The molecule has 0 atom stereocenters. The topological polar surface area (TPSA) is 58.4 Å². The Kier molecular flexibility index (Phi) is 4.66. The van der Waals surface area contributed by atoms with E-state index in [4.69, 9.17) is 17.3 Å². The molecule has 0 aliphatic heterocycles. The summed E-state index contributed by atoms with van der Waals surface area (Å²) in [6.07, 6.45) is 3.97. The molecule has 1 amide bonds. The maximum Gasteiger partial charge on any atom is 0.224 e. The van der Waals surface area contributed by atoms with Crippen LogP contribution in [0.5, 0.6) is 0 Å². The van der Waals surface area contributed by atoms with Crippen molar-refractivity contribution in [1.82, 2.24) is 4.90 Å². The van der Waals surface area contributed by atoms with Crippen LogP contribution in [0.2, 0.25) is 5.02 Å². The first-order chi connectivity index (χ1) is 9.06. The van der Waals surface area contributed by atoms with E-state index in [-0.39, 0.29) is 5.91 Å². The first-order valence-electron chi connectivity index (χ1n) is 6.61. The van der Waals surface area contributed by atoms with E-state index in [0.29, 0.717) is 22.8 Å². The third-order valence-electron chi connectivity index (χ3n) is 3.37. The minimum absolute atomic E-state index is 0.00165. The summed E-state index contributed by atoms with van der Waals surface area (Å²) in [5.74, 6) is -0.00165. The lowest BCUT2D eigenvalue weighted by Gasteiger charge is -2.15.